The molecule has 0 aliphatic carbocycles. The van der Waals surface area contributed by atoms with E-state index < -0.39 is 11.6 Å². The second kappa shape index (κ2) is 4.84. The second-order valence-electron chi connectivity index (χ2n) is 4.49. The number of benzene rings is 1. The summed E-state index contributed by atoms with van der Waals surface area (Å²) >= 11 is 0. The molecular weight excluding hydrogens is 223 g/mol. The van der Waals surface area contributed by atoms with Gasteiger partial charge in [0.2, 0.25) is 0 Å². The van der Waals surface area contributed by atoms with E-state index in [9.17, 15) is 9.18 Å². The van der Waals surface area contributed by atoms with Crippen LogP contribution in [0.2, 0.25) is 0 Å². The standard InChI is InChI=1S/C13H15FO3/c14-13(5-2-6-17-9-13)8-10-3-1-4-11(7-10)12(15)16/h1,3-4,7H,2,5-6,8-9H2,(H,15,16). The molecule has 1 atom stereocenters. The Labute approximate surface area is 99.2 Å². The van der Waals surface area contributed by atoms with E-state index in [1.165, 1.54) is 12.1 Å². The lowest BCUT2D eigenvalue weighted by molar-refractivity contribution is -0.0308. The van der Waals surface area contributed by atoms with Crippen LogP contribution >= 0.6 is 0 Å². The lowest BCUT2D eigenvalue weighted by Crippen LogP contribution is -2.36. The van der Waals surface area contributed by atoms with Gasteiger partial charge < -0.3 is 9.84 Å². The number of hydrogen-bond donors (Lipinski definition) is 1. The van der Waals surface area contributed by atoms with E-state index in [0.29, 0.717) is 18.6 Å². The van der Waals surface area contributed by atoms with E-state index in [0.717, 1.165) is 6.42 Å². The molecule has 0 saturated carbocycles. The van der Waals surface area contributed by atoms with Gasteiger partial charge in [0.25, 0.3) is 0 Å². The molecule has 0 aromatic heterocycles. The summed E-state index contributed by atoms with van der Waals surface area (Å²) in [6.45, 7) is 0.713. The summed E-state index contributed by atoms with van der Waals surface area (Å²) in [5.41, 5.74) is -0.448. The molecule has 1 unspecified atom stereocenters. The molecule has 0 bridgehead atoms. The average Bonchev–Trinajstić information content (AvgIpc) is 2.29. The SMILES string of the molecule is O=C(O)c1cccc(CC2(F)CCCOC2)c1. The largest absolute Gasteiger partial charge is 0.478 e. The number of alkyl halides is 1. The number of hydrogen-bond acceptors (Lipinski definition) is 2. The van der Waals surface area contributed by atoms with Crippen molar-refractivity contribution in [2.75, 3.05) is 13.2 Å². The fourth-order valence-corrected chi connectivity index (χ4v) is 2.14. The highest BCUT2D eigenvalue weighted by atomic mass is 19.1. The third-order valence-corrected chi connectivity index (χ3v) is 2.97. The highest BCUT2D eigenvalue weighted by molar-refractivity contribution is 5.87. The summed E-state index contributed by atoms with van der Waals surface area (Å²) in [5.74, 6) is -0.986. The average molecular weight is 238 g/mol. The van der Waals surface area contributed by atoms with Crippen molar-refractivity contribution in [2.24, 2.45) is 0 Å². The summed E-state index contributed by atoms with van der Waals surface area (Å²) in [5, 5.41) is 8.86. The maximum Gasteiger partial charge on any atom is 0.335 e. The van der Waals surface area contributed by atoms with E-state index in [1.807, 2.05) is 0 Å². The van der Waals surface area contributed by atoms with E-state index in [-0.39, 0.29) is 18.6 Å². The zero-order valence-corrected chi connectivity index (χ0v) is 9.49. The van der Waals surface area contributed by atoms with Gasteiger partial charge >= 0.3 is 5.97 Å². The molecule has 92 valence electrons. The first-order valence-electron chi connectivity index (χ1n) is 5.68. The van der Waals surface area contributed by atoms with Crippen molar-refractivity contribution in [3.63, 3.8) is 0 Å². The van der Waals surface area contributed by atoms with Crippen LogP contribution in [0, 0.1) is 0 Å². The van der Waals surface area contributed by atoms with Crippen molar-refractivity contribution < 1.29 is 19.0 Å². The second-order valence-corrected chi connectivity index (χ2v) is 4.49. The minimum absolute atomic E-state index is 0.101. The Hall–Kier alpha value is -1.42. The van der Waals surface area contributed by atoms with Gasteiger partial charge in [-0.3, -0.25) is 0 Å². The molecule has 1 saturated heterocycles. The number of rotatable bonds is 3. The van der Waals surface area contributed by atoms with Crippen LogP contribution in [0.3, 0.4) is 0 Å². The van der Waals surface area contributed by atoms with Crippen LogP contribution in [0.15, 0.2) is 24.3 Å². The highest BCUT2D eigenvalue weighted by Gasteiger charge is 2.32. The van der Waals surface area contributed by atoms with Crippen LogP contribution in [-0.4, -0.2) is 30.0 Å². The Morgan fingerprint density at radius 1 is 1.53 bits per heavy atom. The zero-order valence-electron chi connectivity index (χ0n) is 9.49. The molecule has 4 heteroatoms. The molecule has 0 amide bonds. The van der Waals surface area contributed by atoms with Crippen molar-refractivity contribution in [3.8, 4) is 0 Å². The summed E-state index contributed by atoms with van der Waals surface area (Å²) in [4.78, 5) is 10.8. The fraction of sp³-hybridized carbons (Fsp3) is 0.462. The van der Waals surface area contributed by atoms with E-state index in [4.69, 9.17) is 9.84 Å². The molecule has 0 spiro atoms. The minimum Gasteiger partial charge on any atom is -0.478 e. The molecule has 1 heterocycles. The van der Waals surface area contributed by atoms with Gasteiger partial charge in [0, 0.05) is 13.0 Å². The van der Waals surface area contributed by atoms with Crippen molar-refractivity contribution in [2.45, 2.75) is 24.9 Å². The fourth-order valence-electron chi connectivity index (χ4n) is 2.14. The van der Waals surface area contributed by atoms with Gasteiger partial charge in [-0.2, -0.15) is 0 Å². The van der Waals surface area contributed by atoms with Crippen molar-refractivity contribution >= 4 is 5.97 Å². The lowest BCUT2D eigenvalue weighted by Gasteiger charge is -2.29. The van der Waals surface area contributed by atoms with E-state index in [1.54, 1.807) is 12.1 Å². The van der Waals surface area contributed by atoms with Gasteiger partial charge in [0.1, 0.15) is 5.67 Å². The van der Waals surface area contributed by atoms with Gasteiger partial charge in [-0.1, -0.05) is 12.1 Å². The topological polar surface area (TPSA) is 46.5 Å². The molecule has 1 aromatic rings. The van der Waals surface area contributed by atoms with Crippen molar-refractivity contribution in [3.05, 3.63) is 35.4 Å². The van der Waals surface area contributed by atoms with Gasteiger partial charge in [0.05, 0.1) is 12.2 Å². The van der Waals surface area contributed by atoms with E-state index in [2.05, 4.69) is 0 Å². The first kappa shape index (κ1) is 12.0. The van der Waals surface area contributed by atoms with Gasteiger partial charge in [-0.25, -0.2) is 9.18 Å². The molecule has 1 fully saturated rings. The number of carboxylic acids is 1. The first-order chi connectivity index (χ1) is 8.09. The Balaban J connectivity index is 2.12. The lowest BCUT2D eigenvalue weighted by atomic mass is 9.90. The summed E-state index contributed by atoms with van der Waals surface area (Å²) in [7, 11) is 0. The van der Waals surface area contributed by atoms with Gasteiger partial charge in [0.15, 0.2) is 0 Å². The summed E-state index contributed by atoms with van der Waals surface area (Å²) < 4.78 is 19.5. The maximum atomic E-state index is 14.3. The number of carbonyl (C=O) groups is 1. The van der Waals surface area contributed by atoms with Crippen LogP contribution in [0.25, 0.3) is 0 Å². The van der Waals surface area contributed by atoms with E-state index >= 15 is 0 Å². The Kier molecular flexibility index (Phi) is 3.43. The summed E-state index contributed by atoms with van der Waals surface area (Å²) in [6.07, 6.45) is 1.41. The molecule has 1 aliphatic heterocycles. The first-order valence-corrected chi connectivity index (χ1v) is 5.68. The molecule has 17 heavy (non-hydrogen) atoms. The Bertz CT molecular complexity index is 411. The van der Waals surface area contributed by atoms with Crippen molar-refractivity contribution in [1.29, 1.82) is 0 Å². The van der Waals surface area contributed by atoms with Crippen LogP contribution in [-0.2, 0) is 11.2 Å². The predicted octanol–water partition coefficient (Wildman–Crippen LogP) is 2.45. The molecule has 0 radical (unpaired) electrons. The van der Waals surface area contributed by atoms with Crippen LogP contribution in [0.1, 0.15) is 28.8 Å². The molecule has 1 aliphatic rings. The number of ether oxygens (including phenoxy) is 1. The van der Waals surface area contributed by atoms with Crippen molar-refractivity contribution in [1.82, 2.24) is 0 Å². The Morgan fingerprint density at radius 2 is 2.35 bits per heavy atom. The molecule has 1 N–H and O–H groups in total. The van der Waals surface area contributed by atoms with Gasteiger partial charge in [-0.05, 0) is 30.5 Å². The number of halogens is 1. The normalized spacial score (nSPS) is 24.5. The zero-order chi connectivity index (χ0) is 12.3. The molecule has 2 rings (SSSR count). The van der Waals surface area contributed by atoms with Crippen LogP contribution in [0.4, 0.5) is 4.39 Å². The smallest absolute Gasteiger partial charge is 0.335 e. The Morgan fingerprint density at radius 3 is 3.00 bits per heavy atom. The molecule has 3 nitrogen and oxygen atoms in total. The third kappa shape index (κ3) is 3.03. The third-order valence-electron chi connectivity index (χ3n) is 2.97. The van der Waals surface area contributed by atoms with Crippen LogP contribution < -0.4 is 0 Å². The van der Waals surface area contributed by atoms with Gasteiger partial charge in [-0.15, -0.1) is 0 Å². The quantitative estimate of drug-likeness (QED) is 0.879. The monoisotopic (exact) mass is 238 g/mol. The predicted molar refractivity (Wildman–Crippen MR) is 61.0 cm³/mol. The highest BCUT2D eigenvalue weighted by Crippen LogP contribution is 2.28. The molecule has 1 aromatic carbocycles. The maximum absolute atomic E-state index is 14.3. The molecular formula is C13H15FO3. The minimum atomic E-state index is -1.35. The summed E-state index contributed by atoms with van der Waals surface area (Å²) in [6, 6.07) is 6.43. The number of aromatic carboxylic acids is 1. The van der Waals surface area contributed by atoms with Crippen LogP contribution in [0.5, 0.6) is 0 Å². The number of carboxylic acid groups (broad SMARTS) is 1.